The lowest BCUT2D eigenvalue weighted by atomic mass is 10.0. The standard InChI is InChI=1S/C10H18ClNO3/c1-8(11)9(13)12-6-4-10(14-2,15-3)5-7-12/h8H,4-7H2,1-3H3. The smallest absolute Gasteiger partial charge is 0.240 e. The fourth-order valence-electron chi connectivity index (χ4n) is 1.81. The molecule has 1 amide bonds. The Bertz CT molecular complexity index is 219. The second kappa shape index (κ2) is 5.14. The number of halogens is 1. The van der Waals surface area contributed by atoms with E-state index in [0.717, 1.165) is 0 Å². The molecule has 88 valence electrons. The van der Waals surface area contributed by atoms with Crippen LogP contribution in [0.2, 0.25) is 0 Å². The topological polar surface area (TPSA) is 38.8 Å². The summed E-state index contributed by atoms with van der Waals surface area (Å²) in [5.41, 5.74) is 0. The van der Waals surface area contributed by atoms with Crippen molar-refractivity contribution in [1.29, 1.82) is 0 Å². The van der Waals surface area contributed by atoms with E-state index in [2.05, 4.69) is 0 Å². The Morgan fingerprint density at radius 1 is 1.33 bits per heavy atom. The van der Waals surface area contributed by atoms with E-state index >= 15 is 0 Å². The molecule has 15 heavy (non-hydrogen) atoms. The number of alkyl halides is 1. The van der Waals surface area contributed by atoms with E-state index in [0.29, 0.717) is 25.9 Å². The van der Waals surface area contributed by atoms with E-state index in [1.165, 1.54) is 0 Å². The van der Waals surface area contributed by atoms with E-state index in [1.54, 1.807) is 26.0 Å². The number of nitrogens with zero attached hydrogens (tertiary/aromatic N) is 1. The number of carbonyl (C=O) groups excluding carboxylic acids is 1. The van der Waals surface area contributed by atoms with E-state index < -0.39 is 11.2 Å². The molecule has 0 aromatic heterocycles. The fraction of sp³-hybridized carbons (Fsp3) is 0.900. The molecule has 0 N–H and O–H groups in total. The van der Waals surface area contributed by atoms with E-state index in [9.17, 15) is 4.79 Å². The molecule has 0 aromatic carbocycles. The third-order valence-corrected chi connectivity index (χ3v) is 3.11. The quantitative estimate of drug-likeness (QED) is 0.546. The largest absolute Gasteiger partial charge is 0.353 e. The van der Waals surface area contributed by atoms with Crippen LogP contribution in [0.5, 0.6) is 0 Å². The predicted molar refractivity (Wildman–Crippen MR) is 57.9 cm³/mol. The number of ether oxygens (including phenoxy) is 2. The Morgan fingerprint density at radius 2 is 1.80 bits per heavy atom. The fourth-order valence-corrected chi connectivity index (χ4v) is 1.95. The SMILES string of the molecule is COC1(OC)CCN(C(=O)C(C)Cl)CC1. The van der Waals surface area contributed by atoms with Crippen molar-refractivity contribution in [3.63, 3.8) is 0 Å². The molecule has 1 aliphatic rings. The molecule has 0 aliphatic carbocycles. The summed E-state index contributed by atoms with van der Waals surface area (Å²) < 4.78 is 10.6. The molecule has 5 heteroatoms. The van der Waals surface area contributed by atoms with Crippen molar-refractivity contribution in [3.8, 4) is 0 Å². The summed E-state index contributed by atoms with van der Waals surface area (Å²) in [6, 6.07) is 0. The minimum atomic E-state index is -0.521. The number of methoxy groups -OCH3 is 2. The predicted octanol–water partition coefficient (Wildman–Crippen LogP) is 1.23. The highest BCUT2D eigenvalue weighted by molar-refractivity contribution is 6.30. The minimum Gasteiger partial charge on any atom is -0.353 e. The summed E-state index contributed by atoms with van der Waals surface area (Å²) in [6.07, 6.45) is 1.38. The number of hydrogen-bond acceptors (Lipinski definition) is 3. The van der Waals surface area contributed by atoms with Crippen LogP contribution in [0.3, 0.4) is 0 Å². The second-order valence-electron chi connectivity index (χ2n) is 3.76. The minimum absolute atomic E-state index is 0.0162. The van der Waals surface area contributed by atoms with Gasteiger partial charge >= 0.3 is 0 Å². The zero-order valence-electron chi connectivity index (χ0n) is 9.46. The van der Waals surface area contributed by atoms with E-state index in [-0.39, 0.29) is 5.91 Å². The lowest BCUT2D eigenvalue weighted by Gasteiger charge is -2.39. The lowest BCUT2D eigenvalue weighted by Crippen LogP contribution is -2.50. The van der Waals surface area contributed by atoms with Gasteiger partial charge < -0.3 is 14.4 Å². The Hall–Kier alpha value is -0.320. The third kappa shape index (κ3) is 2.83. The first kappa shape index (κ1) is 12.7. The van der Waals surface area contributed by atoms with Crippen LogP contribution in [0.4, 0.5) is 0 Å². The molecule has 1 saturated heterocycles. The van der Waals surface area contributed by atoms with Crippen LogP contribution in [0.1, 0.15) is 19.8 Å². The first-order valence-electron chi connectivity index (χ1n) is 5.08. The maximum atomic E-state index is 11.6. The third-order valence-electron chi connectivity index (χ3n) is 2.92. The molecule has 1 atom stereocenters. The van der Waals surface area contributed by atoms with Gasteiger partial charge in [0.05, 0.1) is 0 Å². The summed E-state index contributed by atoms with van der Waals surface area (Å²) >= 11 is 5.75. The summed E-state index contributed by atoms with van der Waals surface area (Å²) in [6.45, 7) is 2.97. The Balaban J connectivity index is 2.52. The van der Waals surface area contributed by atoms with Gasteiger partial charge in [-0.2, -0.15) is 0 Å². The maximum Gasteiger partial charge on any atom is 0.240 e. The maximum absolute atomic E-state index is 11.6. The highest BCUT2D eigenvalue weighted by Gasteiger charge is 2.36. The molecule has 0 saturated carbocycles. The normalized spacial score (nSPS) is 22.5. The van der Waals surface area contributed by atoms with E-state index in [4.69, 9.17) is 21.1 Å². The summed E-state index contributed by atoms with van der Waals surface area (Å²) in [5.74, 6) is -0.538. The molecule has 4 nitrogen and oxygen atoms in total. The van der Waals surface area contributed by atoms with Crippen LogP contribution in [0, 0.1) is 0 Å². The van der Waals surface area contributed by atoms with Gasteiger partial charge in [-0.3, -0.25) is 4.79 Å². The van der Waals surface area contributed by atoms with Crippen LogP contribution in [0.25, 0.3) is 0 Å². The second-order valence-corrected chi connectivity index (χ2v) is 4.41. The van der Waals surface area contributed by atoms with Gasteiger partial charge in [-0.25, -0.2) is 0 Å². The van der Waals surface area contributed by atoms with E-state index in [1.807, 2.05) is 0 Å². The van der Waals surface area contributed by atoms with Crippen molar-refractivity contribution in [2.75, 3.05) is 27.3 Å². The number of rotatable bonds is 3. The van der Waals surface area contributed by atoms with Gasteiger partial charge in [-0.15, -0.1) is 11.6 Å². The number of amides is 1. The molecule has 0 radical (unpaired) electrons. The number of hydrogen-bond donors (Lipinski definition) is 0. The van der Waals surface area contributed by atoms with Crippen molar-refractivity contribution >= 4 is 17.5 Å². The van der Waals surface area contributed by atoms with Crippen molar-refractivity contribution in [2.45, 2.75) is 30.9 Å². The summed E-state index contributed by atoms with van der Waals surface area (Å²) in [7, 11) is 3.26. The molecule has 0 spiro atoms. The molecule has 1 fully saturated rings. The van der Waals surface area contributed by atoms with Gasteiger partial charge in [0.1, 0.15) is 5.38 Å². The molecular weight excluding hydrogens is 218 g/mol. The highest BCUT2D eigenvalue weighted by Crippen LogP contribution is 2.26. The Kier molecular flexibility index (Phi) is 4.37. The number of carbonyl (C=O) groups is 1. The molecular formula is C10H18ClNO3. The number of likely N-dealkylation sites (tertiary alicyclic amines) is 1. The van der Waals surface area contributed by atoms with Crippen LogP contribution in [-0.2, 0) is 14.3 Å². The first-order valence-corrected chi connectivity index (χ1v) is 5.51. The number of piperidine rings is 1. The lowest BCUT2D eigenvalue weighted by molar-refractivity contribution is -0.228. The van der Waals surface area contributed by atoms with Crippen LogP contribution in [-0.4, -0.2) is 49.3 Å². The van der Waals surface area contributed by atoms with Crippen LogP contribution in [0.15, 0.2) is 0 Å². The van der Waals surface area contributed by atoms with Crippen molar-refractivity contribution < 1.29 is 14.3 Å². The monoisotopic (exact) mass is 235 g/mol. The van der Waals surface area contributed by atoms with Gasteiger partial charge in [-0.1, -0.05) is 0 Å². The summed E-state index contributed by atoms with van der Waals surface area (Å²) in [5, 5.41) is -0.456. The van der Waals surface area contributed by atoms with Gasteiger partial charge in [0.25, 0.3) is 0 Å². The van der Waals surface area contributed by atoms with Gasteiger partial charge in [-0.05, 0) is 6.92 Å². The average Bonchev–Trinajstić information content (AvgIpc) is 2.28. The van der Waals surface area contributed by atoms with Crippen LogP contribution < -0.4 is 0 Å². The van der Waals surface area contributed by atoms with Gasteiger partial charge in [0, 0.05) is 40.2 Å². The van der Waals surface area contributed by atoms with Crippen molar-refractivity contribution in [2.24, 2.45) is 0 Å². The average molecular weight is 236 g/mol. The molecule has 0 aromatic rings. The first-order chi connectivity index (χ1) is 7.04. The molecule has 0 bridgehead atoms. The molecule has 1 rings (SSSR count). The van der Waals surface area contributed by atoms with Crippen molar-refractivity contribution in [1.82, 2.24) is 4.90 Å². The zero-order valence-corrected chi connectivity index (χ0v) is 10.2. The van der Waals surface area contributed by atoms with Gasteiger partial charge in [0.15, 0.2) is 5.79 Å². The highest BCUT2D eigenvalue weighted by atomic mass is 35.5. The van der Waals surface area contributed by atoms with Crippen molar-refractivity contribution in [3.05, 3.63) is 0 Å². The Morgan fingerprint density at radius 3 is 2.13 bits per heavy atom. The Labute approximate surface area is 95.5 Å². The molecule has 1 unspecified atom stereocenters. The molecule has 1 aliphatic heterocycles. The van der Waals surface area contributed by atoms with Crippen LogP contribution >= 0.6 is 11.6 Å². The summed E-state index contributed by atoms with van der Waals surface area (Å²) in [4.78, 5) is 13.4. The van der Waals surface area contributed by atoms with Gasteiger partial charge in [0.2, 0.25) is 5.91 Å². The zero-order chi connectivity index (χ0) is 11.5. The molecule has 1 heterocycles.